The summed E-state index contributed by atoms with van der Waals surface area (Å²) in [5, 5.41) is 0.691. The van der Waals surface area contributed by atoms with Crippen LogP contribution in [0.5, 0.6) is 5.75 Å². The summed E-state index contributed by atoms with van der Waals surface area (Å²) in [6, 6.07) is 24.0. The van der Waals surface area contributed by atoms with Gasteiger partial charge < -0.3 is 9.64 Å². The lowest BCUT2D eigenvalue weighted by Crippen LogP contribution is -2.50. The van der Waals surface area contributed by atoms with Crippen LogP contribution >= 0.6 is 23.2 Å². The van der Waals surface area contributed by atoms with E-state index in [-0.39, 0.29) is 31.2 Å². The second kappa shape index (κ2) is 12.5. The molecule has 0 spiro atoms. The molecule has 0 aromatic heterocycles. The molecule has 3 aromatic carbocycles. The normalized spacial score (nSPS) is 18.2. The summed E-state index contributed by atoms with van der Waals surface area (Å²) in [5.74, 6) is 0.448. The van der Waals surface area contributed by atoms with Gasteiger partial charge >= 0.3 is 0 Å². The number of halogens is 2. The number of hydrogen-bond donors (Lipinski definition) is 0. The van der Waals surface area contributed by atoms with Gasteiger partial charge in [-0.15, -0.1) is 0 Å². The van der Waals surface area contributed by atoms with Crippen LogP contribution in [-0.2, 0) is 27.1 Å². The van der Waals surface area contributed by atoms with Crippen molar-refractivity contribution in [1.82, 2.24) is 9.21 Å². The fourth-order valence-corrected chi connectivity index (χ4v) is 6.78. The minimum atomic E-state index is -3.67. The Bertz CT molecular complexity index is 1340. The van der Waals surface area contributed by atoms with Crippen molar-refractivity contribution >= 4 is 39.1 Å². The first kappa shape index (κ1) is 28.4. The van der Waals surface area contributed by atoms with Crippen molar-refractivity contribution in [2.24, 2.45) is 5.41 Å². The summed E-state index contributed by atoms with van der Waals surface area (Å²) in [5.41, 5.74) is 0.933. The minimum Gasteiger partial charge on any atom is -0.493 e. The Morgan fingerprint density at radius 2 is 1.66 bits per heavy atom. The first-order valence-electron chi connectivity index (χ1n) is 12.5. The molecule has 1 saturated heterocycles. The summed E-state index contributed by atoms with van der Waals surface area (Å²) >= 11 is 12.1. The van der Waals surface area contributed by atoms with E-state index in [0.29, 0.717) is 47.3 Å². The van der Waals surface area contributed by atoms with Crippen LogP contribution in [0.1, 0.15) is 30.4 Å². The van der Waals surface area contributed by atoms with Gasteiger partial charge in [0.25, 0.3) is 0 Å². The van der Waals surface area contributed by atoms with E-state index in [0.717, 1.165) is 5.56 Å². The van der Waals surface area contributed by atoms with Gasteiger partial charge in [0.15, 0.2) is 0 Å². The molecule has 4 rings (SSSR count). The van der Waals surface area contributed by atoms with Crippen molar-refractivity contribution in [3.8, 4) is 5.75 Å². The zero-order valence-electron chi connectivity index (χ0n) is 21.4. The third-order valence-electron chi connectivity index (χ3n) is 6.86. The Hall–Kier alpha value is -2.58. The number of hydrogen-bond acceptors (Lipinski definition) is 4. The molecule has 202 valence electrons. The number of sulfonamides is 1. The van der Waals surface area contributed by atoms with Crippen molar-refractivity contribution in [1.29, 1.82) is 0 Å². The predicted molar refractivity (Wildman–Crippen MR) is 152 cm³/mol. The third kappa shape index (κ3) is 7.50. The molecule has 9 heteroatoms. The molecule has 3 aromatic rings. The summed E-state index contributed by atoms with van der Waals surface area (Å²) in [6.07, 6.45) is 1.50. The first-order chi connectivity index (χ1) is 18.2. The quantitative estimate of drug-likeness (QED) is 0.296. The molecule has 1 heterocycles. The lowest BCUT2D eigenvalue weighted by molar-refractivity contribution is -0.134. The van der Waals surface area contributed by atoms with E-state index in [1.54, 1.807) is 30.1 Å². The molecule has 1 amide bonds. The summed E-state index contributed by atoms with van der Waals surface area (Å²) < 4.78 is 34.6. The van der Waals surface area contributed by atoms with Crippen LogP contribution in [-0.4, -0.2) is 50.3 Å². The smallest absolute Gasteiger partial charge is 0.223 e. The van der Waals surface area contributed by atoms with Gasteiger partial charge in [0, 0.05) is 38.5 Å². The Morgan fingerprint density at radius 3 is 2.34 bits per heavy atom. The number of nitrogens with zero attached hydrogens (tertiary/aromatic N) is 2. The van der Waals surface area contributed by atoms with Gasteiger partial charge in [-0.3, -0.25) is 4.79 Å². The molecule has 6 nitrogen and oxygen atoms in total. The van der Waals surface area contributed by atoms with E-state index >= 15 is 0 Å². The van der Waals surface area contributed by atoms with Crippen LogP contribution in [0.2, 0.25) is 10.0 Å². The zero-order valence-corrected chi connectivity index (χ0v) is 23.7. The Morgan fingerprint density at radius 1 is 0.974 bits per heavy atom. The van der Waals surface area contributed by atoms with Crippen LogP contribution in [0.25, 0.3) is 0 Å². The fourth-order valence-electron chi connectivity index (χ4n) is 4.80. The number of amides is 1. The lowest BCUT2D eigenvalue weighted by atomic mass is 9.78. The third-order valence-corrected chi connectivity index (χ3v) is 9.39. The van der Waals surface area contributed by atoms with Crippen molar-refractivity contribution < 1.29 is 17.9 Å². The molecule has 1 aliphatic rings. The zero-order chi connectivity index (χ0) is 27.2. The molecule has 1 unspecified atom stereocenters. The molecule has 1 aliphatic heterocycles. The highest BCUT2D eigenvalue weighted by atomic mass is 35.5. The van der Waals surface area contributed by atoms with Gasteiger partial charge in [0.2, 0.25) is 15.9 Å². The van der Waals surface area contributed by atoms with Crippen LogP contribution < -0.4 is 4.74 Å². The molecule has 1 atom stereocenters. The second-order valence-electron chi connectivity index (χ2n) is 9.96. The first-order valence-corrected chi connectivity index (χ1v) is 14.9. The molecular formula is C29H32Cl2N2O4S. The fraction of sp³-hybridized carbons (Fsp3) is 0.345. The van der Waals surface area contributed by atoms with Crippen molar-refractivity contribution in [2.75, 3.05) is 26.7 Å². The number of piperidine rings is 1. The summed E-state index contributed by atoms with van der Waals surface area (Å²) in [4.78, 5) is 15.1. The van der Waals surface area contributed by atoms with Crippen LogP contribution in [0, 0.1) is 5.41 Å². The van der Waals surface area contributed by atoms with Crippen LogP contribution in [0.4, 0.5) is 0 Å². The maximum atomic E-state index is 13.5. The van der Waals surface area contributed by atoms with E-state index < -0.39 is 15.4 Å². The molecule has 0 bridgehead atoms. The Labute approximate surface area is 235 Å². The van der Waals surface area contributed by atoms with Crippen molar-refractivity contribution in [3.63, 3.8) is 0 Å². The lowest BCUT2D eigenvalue weighted by Gasteiger charge is -2.42. The van der Waals surface area contributed by atoms with E-state index in [2.05, 4.69) is 0 Å². The Kier molecular flexibility index (Phi) is 9.36. The van der Waals surface area contributed by atoms with E-state index in [1.165, 1.54) is 4.31 Å². The average molecular weight is 576 g/mol. The average Bonchev–Trinajstić information content (AvgIpc) is 2.91. The molecule has 0 saturated carbocycles. The van der Waals surface area contributed by atoms with Gasteiger partial charge in [0.1, 0.15) is 5.75 Å². The second-order valence-corrected chi connectivity index (χ2v) is 12.7. The number of carbonyl (C=O) groups is 1. The molecule has 0 aliphatic carbocycles. The standard InChI is InChI=1S/C29H32Cl2N2O4S/c1-32(19-23-9-4-2-5-10-23)28(34)18-29(22-37-25-11-6-3-7-12-25)15-8-16-33(21-29)38(35,36)20-24-13-14-26(30)27(31)17-24/h2-7,9-14,17H,8,15-16,18-22H2,1H3. The monoisotopic (exact) mass is 574 g/mol. The predicted octanol–water partition coefficient (Wildman–Crippen LogP) is 6.03. The SMILES string of the molecule is CN(Cc1ccccc1)C(=O)CC1(COc2ccccc2)CCCN(S(=O)(=O)Cc2ccc(Cl)c(Cl)c2)C1. The molecule has 0 N–H and O–H groups in total. The highest BCUT2D eigenvalue weighted by molar-refractivity contribution is 7.88. The van der Waals surface area contributed by atoms with Gasteiger partial charge in [0.05, 0.1) is 22.4 Å². The number of rotatable bonds is 10. The van der Waals surface area contributed by atoms with Gasteiger partial charge in [-0.1, -0.05) is 77.8 Å². The number of benzene rings is 3. The summed E-state index contributed by atoms with van der Waals surface area (Å²) in [7, 11) is -1.89. The number of ether oxygens (including phenoxy) is 1. The largest absolute Gasteiger partial charge is 0.493 e. The topological polar surface area (TPSA) is 66.9 Å². The van der Waals surface area contributed by atoms with E-state index in [4.69, 9.17) is 27.9 Å². The van der Waals surface area contributed by atoms with Gasteiger partial charge in [-0.2, -0.15) is 0 Å². The van der Waals surface area contributed by atoms with E-state index in [9.17, 15) is 13.2 Å². The molecule has 1 fully saturated rings. The highest BCUT2D eigenvalue weighted by Crippen LogP contribution is 2.37. The molecular weight excluding hydrogens is 543 g/mol. The minimum absolute atomic E-state index is 0.0470. The van der Waals surface area contributed by atoms with Crippen LogP contribution in [0.3, 0.4) is 0 Å². The van der Waals surface area contributed by atoms with Crippen LogP contribution in [0.15, 0.2) is 78.9 Å². The highest BCUT2D eigenvalue weighted by Gasteiger charge is 2.42. The number of para-hydroxylation sites is 1. The van der Waals surface area contributed by atoms with Crippen molar-refractivity contribution in [2.45, 2.75) is 31.6 Å². The van der Waals surface area contributed by atoms with Gasteiger partial charge in [-0.05, 0) is 48.2 Å². The maximum Gasteiger partial charge on any atom is 0.223 e. The summed E-state index contributed by atoms with van der Waals surface area (Å²) in [6.45, 7) is 1.31. The Balaban J connectivity index is 1.53. The molecule has 0 radical (unpaired) electrons. The maximum absolute atomic E-state index is 13.5. The van der Waals surface area contributed by atoms with E-state index in [1.807, 2.05) is 60.7 Å². The van der Waals surface area contributed by atoms with Crippen molar-refractivity contribution in [3.05, 3.63) is 100 Å². The van der Waals surface area contributed by atoms with Gasteiger partial charge in [-0.25, -0.2) is 12.7 Å². The molecule has 38 heavy (non-hydrogen) atoms. The number of carbonyl (C=O) groups excluding carboxylic acids is 1.